The topological polar surface area (TPSA) is 37.3 Å². The maximum atomic E-state index is 13.1. The molecule has 1 rings (SSSR count). The fourth-order valence-electron chi connectivity index (χ4n) is 1.86. The van der Waals surface area contributed by atoms with Crippen LogP contribution in [0.1, 0.15) is 13.8 Å². The molecule has 0 heterocycles. The van der Waals surface area contributed by atoms with Crippen molar-refractivity contribution in [2.45, 2.75) is 25.2 Å². The van der Waals surface area contributed by atoms with Crippen LogP contribution >= 0.6 is 23.2 Å². The highest BCUT2D eigenvalue weighted by Crippen LogP contribution is 2.60. The average Bonchev–Trinajstić information content (AvgIpc) is 2.65. The molecule has 0 bridgehead atoms. The molecule has 2 atom stereocenters. The first-order valence-corrected chi connectivity index (χ1v) is 5.64. The van der Waals surface area contributed by atoms with Crippen molar-refractivity contribution in [3.63, 3.8) is 0 Å². The van der Waals surface area contributed by atoms with Crippen molar-refractivity contribution in [2.75, 3.05) is 0 Å². The number of allylic oxidation sites excluding steroid dienone is 2. The van der Waals surface area contributed by atoms with Crippen molar-refractivity contribution in [1.82, 2.24) is 0 Å². The minimum absolute atomic E-state index is 0.649. The summed E-state index contributed by atoms with van der Waals surface area (Å²) in [6, 6.07) is 0. The minimum atomic E-state index is -4.82. The molecule has 0 saturated heterocycles. The van der Waals surface area contributed by atoms with E-state index in [0.29, 0.717) is 6.08 Å². The van der Waals surface area contributed by atoms with Gasteiger partial charge < -0.3 is 5.11 Å². The van der Waals surface area contributed by atoms with Gasteiger partial charge in [-0.05, 0) is 22.9 Å². The van der Waals surface area contributed by atoms with E-state index in [0.717, 1.165) is 0 Å². The summed E-state index contributed by atoms with van der Waals surface area (Å²) in [5, 5.41) is 2.54. The number of hydrogen-bond donors (Lipinski definition) is 1. The molecule has 0 aromatic rings. The molecule has 1 aliphatic rings. The molecule has 0 spiro atoms. The molecule has 0 aromatic carbocycles. The zero-order valence-electron chi connectivity index (χ0n) is 9.36. The number of carboxylic acids is 1. The molecule has 104 valence electrons. The largest absolute Gasteiger partial charge is 0.481 e. The molecule has 1 saturated carbocycles. The lowest BCUT2D eigenvalue weighted by Gasteiger charge is -2.20. The first-order valence-electron chi connectivity index (χ1n) is 4.88. The Morgan fingerprint density at radius 2 is 1.78 bits per heavy atom. The summed E-state index contributed by atoms with van der Waals surface area (Å²) in [7, 11) is 0. The van der Waals surface area contributed by atoms with Crippen molar-refractivity contribution in [3.05, 3.63) is 11.1 Å². The van der Waals surface area contributed by atoms with Gasteiger partial charge in [-0.25, -0.2) is 0 Å². The zero-order chi connectivity index (χ0) is 14.5. The minimum Gasteiger partial charge on any atom is -0.481 e. The fourth-order valence-corrected chi connectivity index (χ4v) is 2.26. The Morgan fingerprint density at radius 3 is 2.06 bits per heavy atom. The molecule has 1 aliphatic carbocycles. The Hall–Kier alpha value is -0.490. The molecule has 2 nitrogen and oxygen atoms in total. The molecule has 8 heteroatoms. The zero-order valence-corrected chi connectivity index (χ0v) is 10.9. The van der Waals surface area contributed by atoms with Gasteiger partial charge in [0.2, 0.25) is 0 Å². The summed E-state index contributed by atoms with van der Waals surface area (Å²) in [4.78, 5) is 10.8. The molecule has 0 aliphatic heterocycles. The number of rotatable bonds is 4. The van der Waals surface area contributed by atoms with Crippen LogP contribution in [-0.4, -0.2) is 22.4 Å². The van der Waals surface area contributed by atoms with Crippen LogP contribution in [0.5, 0.6) is 0 Å². The first-order chi connectivity index (χ1) is 7.83. The van der Waals surface area contributed by atoms with Gasteiger partial charge in [-0.3, -0.25) is 4.79 Å². The van der Waals surface area contributed by atoms with Gasteiger partial charge in [-0.1, -0.05) is 31.5 Å². The molecule has 0 aromatic heterocycles. The third kappa shape index (κ3) is 2.45. The van der Waals surface area contributed by atoms with Crippen molar-refractivity contribution < 1.29 is 27.5 Å². The summed E-state index contributed by atoms with van der Waals surface area (Å²) in [5.74, 6) is -7.66. The van der Waals surface area contributed by atoms with Crippen molar-refractivity contribution in [3.8, 4) is 0 Å². The number of halogens is 6. The second-order valence-corrected chi connectivity index (χ2v) is 5.63. The van der Waals surface area contributed by atoms with E-state index in [1.807, 2.05) is 0 Å². The predicted molar refractivity (Wildman–Crippen MR) is 58.1 cm³/mol. The van der Waals surface area contributed by atoms with E-state index in [4.69, 9.17) is 16.7 Å². The lowest BCUT2D eigenvalue weighted by Crippen LogP contribution is -2.35. The van der Waals surface area contributed by atoms with Gasteiger partial charge in [0.25, 0.3) is 0 Å². The van der Waals surface area contributed by atoms with Gasteiger partial charge in [0.05, 0.1) is 11.0 Å². The molecular formula is C10H10Cl2F4O2. The summed E-state index contributed by atoms with van der Waals surface area (Å²) in [6.07, 6.45) is 0.649. The smallest absolute Gasteiger partial charge is 0.389 e. The van der Waals surface area contributed by atoms with E-state index < -0.39 is 39.6 Å². The Bertz CT molecular complexity index is 401. The maximum Gasteiger partial charge on any atom is 0.389 e. The number of carbonyl (C=O) groups is 1. The number of hydrogen-bond acceptors (Lipinski definition) is 1. The Kier molecular flexibility index (Phi) is 3.69. The molecule has 1 N–H and O–H groups in total. The number of alkyl halides is 5. The quantitative estimate of drug-likeness (QED) is 0.631. The van der Waals surface area contributed by atoms with Gasteiger partial charge in [0.1, 0.15) is 0 Å². The van der Waals surface area contributed by atoms with E-state index in [1.54, 1.807) is 0 Å². The number of carboxylic acid groups (broad SMARTS) is 1. The first kappa shape index (κ1) is 15.6. The van der Waals surface area contributed by atoms with Crippen molar-refractivity contribution >= 4 is 29.2 Å². The lowest BCUT2D eigenvalue weighted by atomic mass is 10.1. The van der Waals surface area contributed by atoms with Crippen LogP contribution in [0, 0.1) is 17.3 Å². The van der Waals surface area contributed by atoms with Crippen LogP contribution in [0.15, 0.2) is 11.1 Å². The monoisotopic (exact) mass is 308 g/mol. The van der Waals surface area contributed by atoms with Crippen molar-refractivity contribution in [2.24, 2.45) is 17.3 Å². The van der Waals surface area contributed by atoms with Crippen LogP contribution in [0.2, 0.25) is 0 Å². The second-order valence-electron chi connectivity index (χ2n) is 4.75. The van der Waals surface area contributed by atoms with E-state index >= 15 is 0 Å². The van der Waals surface area contributed by atoms with E-state index in [1.165, 1.54) is 13.8 Å². The third-order valence-electron chi connectivity index (χ3n) is 3.16. The van der Waals surface area contributed by atoms with E-state index in [-0.39, 0.29) is 0 Å². The Labute approximate surface area is 111 Å². The molecule has 0 radical (unpaired) electrons. The van der Waals surface area contributed by atoms with Gasteiger partial charge in [0, 0.05) is 0 Å². The van der Waals surface area contributed by atoms with E-state index in [2.05, 4.69) is 11.6 Å². The molecule has 0 unspecified atom stereocenters. The third-order valence-corrected chi connectivity index (χ3v) is 3.76. The summed E-state index contributed by atoms with van der Waals surface area (Å²) < 4.78 is 51.0. The lowest BCUT2D eigenvalue weighted by molar-refractivity contribution is -0.139. The van der Waals surface area contributed by atoms with Crippen LogP contribution in [0.25, 0.3) is 0 Å². The number of aliphatic carboxylic acids is 1. The summed E-state index contributed by atoms with van der Waals surface area (Å²) in [6.45, 7) is 3.04. The molecular weight excluding hydrogens is 299 g/mol. The predicted octanol–water partition coefficient (Wildman–Crippen LogP) is 3.93. The standard InChI is InChI=1S/C10H10Cl2F4O2/c1-8(2)4(6(8)7(17)18)3-5(11)9(13,14)10(12,15)16/h3-4,6H,1-2H3,(H,17,18)/t4-,6+/m1/s1. The normalized spacial score (nSPS) is 28.1. The van der Waals surface area contributed by atoms with E-state index in [9.17, 15) is 22.4 Å². The maximum absolute atomic E-state index is 13.1. The average molecular weight is 309 g/mol. The Morgan fingerprint density at radius 1 is 1.33 bits per heavy atom. The highest BCUT2D eigenvalue weighted by Gasteiger charge is 2.63. The van der Waals surface area contributed by atoms with Gasteiger partial charge in [-0.15, -0.1) is 0 Å². The molecule has 0 amide bonds. The van der Waals surface area contributed by atoms with Crippen LogP contribution in [0.4, 0.5) is 17.6 Å². The van der Waals surface area contributed by atoms with Crippen LogP contribution in [0.3, 0.4) is 0 Å². The van der Waals surface area contributed by atoms with Gasteiger partial charge >= 0.3 is 17.3 Å². The van der Waals surface area contributed by atoms with Gasteiger partial charge in [-0.2, -0.15) is 17.6 Å². The van der Waals surface area contributed by atoms with Crippen LogP contribution < -0.4 is 0 Å². The highest BCUT2D eigenvalue weighted by molar-refractivity contribution is 6.32. The SMILES string of the molecule is CC1(C)[C@H](C=C(Cl)C(F)(F)C(F)(F)Cl)[C@H]1C(=O)O. The van der Waals surface area contributed by atoms with Crippen LogP contribution in [-0.2, 0) is 4.79 Å². The highest BCUT2D eigenvalue weighted by atomic mass is 35.5. The molecule has 1 fully saturated rings. The fraction of sp³-hybridized carbons (Fsp3) is 0.700. The summed E-state index contributed by atoms with van der Waals surface area (Å²) in [5.41, 5.74) is -0.802. The summed E-state index contributed by atoms with van der Waals surface area (Å²) >= 11 is 9.41. The second kappa shape index (κ2) is 4.27. The van der Waals surface area contributed by atoms with Gasteiger partial charge in [0.15, 0.2) is 0 Å². The van der Waals surface area contributed by atoms with Crippen molar-refractivity contribution in [1.29, 1.82) is 0 Å². The molecule has 18 heavy (non-hydrogen) atoms. The Balaban J connectivity index is 2.97.